The number of Topliss-reactive ketones (excluding diaryl/α,β-unsaturated/α-hetero) is 1. The Bertz CT molecular complexity index is 504. The third-order valence-electron chi connectivity index (χ3n) is 6.52. The molecule has 0 aromatic heterocycles. The number of carbonyl (C=O) groups excluding carboxylic acids is 2. The first-order valence-corrected chi connectivity index (χ1v) is 8.57. The molecule has 22 heavy (non-hydrogen) atoms. The normalized spacial score (nSPS) is 52.5. The van der Waals surface area contributed by atoms with Crippen molar-refractivity contribution in [3.63, 3.8) is 0 Å². The molecule has 5 nitrogen and oxygen atoms in total. The zero-order chi connectivity index (χ0) is 15.8. The van der Waals surface area contributed by atoms with E-state index in [1.165, 1.54) is 0 Å². The third-order valence-corrected chi connectivity index (χ3v) is 6.52. The highest BCUT2D eigenvalue weighted by Gasteiger charge is 2.70. The van der Waals surface area contributed by atoms with Gasteiger partial charge < -0.3 is 4.74 Å². The smallest absolute Gasteiger partial charge is 0.312 e. The maximum Gasteiger partial charge on any atom is 0.312 e. The first-order valence-electron chi connectivity index (χ1n) is 8.57. The van der Waals surface area contributed by atoms with Crippen LogP contribution < -0.4 is 0 Å². The number of esters is 1. The molecule has 0 radical (unpaired) electrons. The Morgan fingerprint density at radius 1 is 1.18 bits per heavy atom. The second kappa shape index (κ2) is 4.32. The van der Waals surface area contributed by atoms with E-state index in [-0.39, 0.29) is 28.4 Å². The van der Waals surface area contributed by atoms with E-state index in [0.717, 1.165) is 45.4 Å². The molecule has 0 unspecified atom stereocenters. The van der Waals surface area contributed by atoms with Crippen LogP contribution in [0.15, 0.2) is 0 Å². The molecule has 4 bridgehead atoms. The van der Waals surface area contributed by atoms with Gasteiger partial charge in [0.2, 0.25) is 0 Å². The number of piperidine rings is 2. The van der Waals surface area contributed by atoms with Crippen molar-refractivity contribution in [2.45, 2.75) is 45.7 Å². The molecule has 0 N–H and O–H groups in total. The van der Waals surface area contributed by atoms with E-state index in [1.807, 2.05) is 6.92 Å². The van der Waals surface area contributed by atoms with Crippen LogP contribution in [-0.4, -0.2) is 60.0 Å². The van der Waals surface area contributed by atoms with Gasteiger partial charge in [-0.2, -0.15) is 0 Å². The fourth-order valence-corrected chi connectivity index (χ4v) is 5.94. The van der Waals surface area contributed by atoms with Crippen molar-refractivity contribution >= 4 is 11.8 Å². The van der Waals surface area contributed by atoms with Crippen LogP contribution in [-0.2, 0) is 14.3 Å². The minimum Gasteiger partial charge on any atom is -0.466 e. The standard InChI is InChI=1S/C17H26N2O3/c1-4-22-13(20)12-6-5-7-17(12)18-8-15(2)9-19(17)11-16(3,10-18)14(15)21/h12H,4-11H2,1-3H3/t12-,15?,16?,17?/m1/s1. The summed E-state index contributed by atoms with van der Waals surface area (Å²) in [7, 11) is 0. The molecule has 1 spiro atoms. The summed E-state index contributed by atoms with van der Waals surface area (Å²) in [5, 5.41) is 0. The maximum absolute atomic E-state index is 12.8. The highest BCUT2D eigenvalue weighted by atomic mass is 16.5. The Hall–Kier alpha value is -0.940. The van der Waals surface area contributed by atoms with Gasteiger partial charge in [-0.15, -0.1) is 0 Å². The number of rotatable bonds is 2. The van der Waals surface area contributed by atoms with Crippen LogP contribution in [0.5, 0.6) is 0 Å². The van der Waals surface area contributed by atoms with E-state index in [4.69, 9.17) is 4.74 Å². The summed E-state index contributed by atoms with van der Waals surface area (Å²) in [5.74, 6) is 0.317. The second-order valence-electron chi connectivity index (χ2n) is 8.24. The number of hydrogen-bond acceptors (Lipinski definition) is 5. The average Bonchev–Trinajstić information content (AvgIpc) is 2.86. The summed E-state index contributed by atoms with van der Waals surface area (Å²) in [6.07, 6.45) is 3.00. The van der Waals surface area contributed by atoms with E-state index >= 15 is 0 Å². The summed E-state index contributed by atoms with van der Waals surface area (Å²) in [4.78, 5) is 30.2. The largest absolute Gasteiger partial charge is 0.466 e. The molecule has 5 rings (SSSR count). The van der Waals surface area contributed by atoms with E-state index in [9.17, 15) is 9.59 Å². The monoisotopic (exact) mass is 306 g/mol. The number of ketones is 1. The molecule has 0 aromatic rings. The van der Waals surface area contributed by atoms with Crippen molar-refractivity contribution < 1.29 is 14.3 Å². The molecule has 4 heterocycles. The van der Waals surface area contributed by atoms with Crippen molar-refractivity contribution in [3.05, 3.63) is 0 Å². The molecule has 5 aliphatic rings. The van der Waals surface area contributed by atoms with Crippen LogP contribution >= 0.6 is 0 Å². The van der Waals surface area contributed by atoms with Gasteiger partial charge in [-0.25, -0.2) is 0 Å². The number of hydrogen-bond donors (Lipinski definition) is 0. The molecule has 1 saturated carbocycles. The molecule has 0 aromatic carbocycles. The van der Waals surface area contributed by atoms with Gasteiger partial charge in [0.15, 0.2) is 0 Å². The van der Waals surface area contributed by atoms with Crippen LogP contribution in [0.4, 0.5) is 0 Å². The first-order chi connectivity index (χ1) is 10.4. The Morgan fingerprint density at radius 3 is 2.23 bits per heavy atom. The Kier molecular flexibility index (Phi) is 2.88. The molecule has 1 atom stereocenters. The lowest BCUT2D eigenvalue weighted by atomic mass is 9.59. The molecular weight excluding hydrogens is 280 g/mol. The molecule has 0 amide bonds. The van der Waals surface area contributed by atoms with E-state index in [1.54, 1.807) is 0 Å². The summed E-state index contributed by atoms with van der Waals surface area (Å²) in [5.41, 5.74) is -0.720. The summed E-state index contributed by atoms with van der Waals surface area (Å²) in [6.45, 7) is 9.72. The van der Waals surface area contributed by atoms with Gasteiger partial charge in [0.25, 0.3) is 0 Å². The third kappa shape index (κ3) is 1.56. The minimum atomic E-state index is -0.266. The predicted octanol–water partition coefficient (Wildman–Crippen LogP) is 1.27. The van der Waals surface area contributed by atoms with Gasteiger partial charge in [0.1, 0.15) is 5.78 Å². The number of carbonyl (C=O) groups is 2. The van der Waals surface area contributed by atoms with Gasteiger partial charge in [-0.1, -0.05) is 13.8 Å². The van der Waals surface area contributed by atoms with Crippen LogP contribution in [0.2, 0.25) is 0 Å². The molecule has 4 saturated heterocycles. The Labute approximate surface area is 132 Å². The molecule has 4 aliphatic heterocycles. The lowest BCUT2D eigenvalue weighted by Gasteiger charge is -2.70. The topological polar surface area (TPSA) is 49.9 Å². The average molecular weight is 306 g/mol. The zero-order valence-corrected chi connectivity index (χ0v) is 13.9. The van der Waals surface area contributed by atoms with Gasteiger partial charge in [0, 0.05) is 26.2 Å². The van der Waals surface area contributed by atoms with Gasteiger partial charge in [-0.05, 0) is 26.2 Å². The summed E-state index contributed by atoms with van der Waals surface area (Å²) < 4.78 is 5.37. The van der Waals surface area contributed by atoms with Crippen LogP contribution in [0.1, 0.15) is 40.0 Å². The van der Waals surface area contributed by atoms with Crippen molar-refractivity contribution in [1.29, 1.82) is 0 Å². The fourth-order valence-electron chi connectivity index (χ4n) is 5.94. The van der Waals surface area contributed by atoms with Crippen LogP contribution in [0.3, 0.4) is 0 Å². The highest BCUT2D eigenvalue weighted by Crippen LogP contribution is 2.57. The van der Waals surface area contributed by atoms with Gasteiger partial charge in [-0.3, -0.25) is 19.4 Å². The SMILES string of the molecule is CCOC(=O)[C@H]1CCCC12N1CC3(C)CN2CC(C)(C1)C3=O. The zero-order valence-electron chi connectivity index (χ0n) is 13.9. The quantitative estimate of drug-likeness (QED) is 0.719. The van der Waals surface area contributed by atoms with E-state index in [2.05, 4.69) is 23.6 Å². The lowest BCUT2D eigenvalue weighted by Crippen LogP contribution is -2.84. The van der Waals surface area contributed by atoms with Crippen molar-refractivity contribution in [2.75, 3.05) is 32.8 Å². The highest BCUT2D eigenvalue weighted by molar-refractivity contribution is 5.93. The van der Waals surface area contributed by atoms with E-state index in [0.29, 0.717) is 12.4 Å². The molecule has 5 heteroatoms. The Balaban J connectivity index is 1.73. The first kappa shape index (κ1) is 14.6. The number of ether oxygens (including phenoxy) is 1. The molecule has 5 fully saturated rings. The minimum absolute atomic E-state index is 0.0471. The molecular formula is C17H26N2O3. The van der Waals surface area contributed by atoms with Gasteiger partial charge >= 0.3 is 5.97 Å². The Morgan fingerprint density at radius 2 is 1.73 bits per heavy atom. The maximum atomic E-state index is 12.8. The molecule has 1 aliphatic carbocycles. The fraction of sp³-hybridized carbons (Fsp3) is 0.882. The van der Waals surface area contributed by atoms with Crippen LogP contribution in [0, 0.1) is 16.7 Å². The van der Waals surface area contributed by atoms with Crippen molar-refractivity contribution in [1.82, 2.24) is 9.80 Å². The van der Waals surface area contributed by atoms with Crippen LogP contribution in [0.25, 0.3) is 0 Å². The van der Waals surface area contributed by atoms with Crippen molar-refractivity contribution in [2.24, 2.45) is 16.7 Å². The lowest BCUT2D eigenvalue weighted by molar-refractivity contribution is -0.241. The summed E-state index contributed by atoms with van der Waals surface area (Å²) >= 11 is 0. The second-order valence-corrected chi connectivity index (χ2v) is 8.24. The van der Waals surface area contributed by atoms with E-state index < -0.39 is 0 Å². The van der Waals surface area contributed by atoms with Crippen molar-refractivity contribution in [3.8, 4) is 0 Å². The van der Waals surface area contributed by atoms with Gasteiger partial charge in [0.05, 0.1) is 29.0 Å². The summed E-state index contributed by atoms with van der Waals surface area (Å²) in [6, 6.07) is 0. The molecule has 122 valence electrons. The predicted molar refractivity (Wildman–Crippen MR) is 81.1 cm³/mol. The number of nitrogens with zero attached hydrogens (tertiary/aromatic N) is 2.